The van der Waals surface area contributed by atoms with Crippen molar-refractivity contribution in [2.24, 2.45) is 0 Å². The molecule has 0 fully saturated rings. The maximum absolute atomic E-state index is 14.1. The Balaban J connectivity index is 1.77. The maximum atomic E-state index is 14.1. The van der Waals surface area contributed by atoms with E-state index in [0.717, 1.165) is 27.5 Å². The van der Waals surface area contributed by atoms with Crippen LogP contribution in [0.15, 0.2) is 71.2 Å². The molecule has 4 aromatic rings. The molecule has 0 aliphatic rings. The molecular weight excluding hydrogens is 492 g/mol. The Morgan fingerprint density at radius 2 is 1.79 bits per heavy atom. The first-order chi connectivity index (χ1) is 15.7. The lowest BCUT2D eigenvalue weighted by molar-refractivity contribution is 0.0696. The number of carbonyl (C=O) groups is 1. The minimum absolute atomic E-state index is 0.0753. The van der Waals surface area contributed by atoms with Gasteiger partial charge < -0.3 is 14.4 Å². The number of ether oxygens (including phenoxy) is 1. The Labute approximate surface area is 198 Å². The average Bonchev–Trinajstić information content (AvgIpc) is 3.15. The van der Waals surface area contributed by atoms with Crippen LogP contribution in [0.4, 0.5) is 8.78 Å². The van der Waals surface area contributed by atoms with E-state index in [0.29, 0.717) is 17.0 Å². The van der Waals surface area contributed by atoms with Crippen molar-refractivity contribution in [3.8, 4) is 22.7 Å². The molecule has 0 amide bonds. The summed E-state index contributed by atoms with van der Waals surface area (Å²) < 4.78 is 36.0. The summed E-state index contributed by atoms with van der Waals surface area (Å²) in [6.07, 6.45) is 0. The number of hydrogen-bond acceptors (Lipinski definition) is 2. The van der Waals surface area contributed by atoms with Gasteiger partial charge in [0, 0.05) is 33.0 Å². The minimum atomic E-state index is -0.992. The summed E-state index contributed by atoms with van der Waals surface area (Å²) in [4.78, 5) is 11.7. The molecule has 0 atom stereocenters. The first-order valence-electron chi connectivity index (χ1n) is 10.1. The Kier molecular flexibility index (Phi) is 6.33. The second-order valence-corrected chi connectivity index (χ2v) is 8.58. The number of aromatic carboxylic acids is 1. The van der Waals surface area contributed by atoms with Gasteiger partial charge in [-0.05, 0) is 74.0 Å². The van der Waals surface area contributed by atoms with E-state index in [1.165, 1.54) is 12.1 Å². The number of hydrogen-bond donors (Lipinski definition) is 1. The van der Waals surface area contributed by atoms with Gasteiger partial charge >= 0.3 is 5.97 Å². The summed E-state index contributed by atoms with van der Waals surface area (Å²) in [7, 11) is 0. The van der Waals surface area contributed by atoms with Crippen LogP contribution in [0.25, 0.3) is 16.9 Å². The van der Waals surface area contributed by atoms with Crippen LogP contribution in [0.3, 0.4) is 0 Å². The predicted molar refractivity (Wildman–Crippen MR) is 126 cm³/mol. The van der Waals surface area contributed by atoms with E-state index in [1.54, 1.807) is 25.1 Å². The Hall–Kier alpha value is -3.45. The summed E-state index contributed by atoms with van der Waals surface area (Å²) in [6.45, 7) is 3.61. The first kappa shape index (κ1) is 22.7. The van der Waals surface area contributed by atoms with Gasteiger partial charge in [0.05, 0.1) is 11.3 Å². The minimum Gasteiger partial charge on any atom is -0.488 e. The van der Waals surface area contributed by atoms with Crippen molar-refractivity contribution in [3.05, 3.63) is 105 Å². The molecule has 0 aliphatic carbocycles. The van der Waals surface area contributed by atoms with E-state index in [1.807, 2.05) is 41.8 Å². The average molecular weight is 512 g/mol. The van der Waals surface area contributed by atoms with Crippen LogP contribution in [0.1, 0.15) is 27.2 Å². The van der Waals surface area contributed by atoms with Gasteiger partial charge in [0.25, 0.3) is 0 Å². The third-order valence-corrected chi connectivity index (χ3v) is 5.89. The molecule has 33 heavy (non-hydrogen) atoms. The van der Waals surface area contributed by atoms with E-state index in [-0.39, 0.29) is 17.7 Å². The lowest BCUT2D eigenvalue weighted by Crippen LogP contribution is -2.05. The van der Waals surface area contributed by atoms with Crippen molar-refractivity contribution in [1.29, 1.82) is 0 Å². The molecule has 7 heteroatoms. The molecule has 0 unspecified atom stereocenters. The maximum Gasteiger partial charge on any atom is 0.336 e. The molecule has 1 heterocycles. The molecule has 1 N–H and O–H groups in total. The number of carboxylic acid groups (broad SMARTS) is 1. The number of aromatic nitrogens is 1. The highest BCUT2D eigenvalue weighted by Crippen LogP contribution is 2.36. The zero-order valence-corrected chi connectivity index (χ0v) is 19.5. The van der Waals surface area contributed by atoms with Gasteiger partial charge in [-0.2, -0.15) is 0 Å². The van der Waals surface area contributed by atoms with E-state index in [9.17, 15) is 18.7 Å². The normalized spacial score (nSPS) is 10.9. The highest BCUT2D eigenvalue weighted by Gasteiger charge is 2.17. The van der Waals surface area contributed by atoms with Crippen molar-refractivity contribution < 1.29 is 23.4 Å². The molecular formula is C26H20BrF2NO3. The largest absolute Gasteiger partial charge is 0.488 e. The quantitative estimate of drug-likeness (QED) is 0.301. The van der Waals surface area contributed by atoms with Crippen LogP contribution in [-0.4, -0.2) is 15.6 Å². The van der Waals surface area contributed by atoms with Gasteiger partial charge in [0.15, 0.2) is 0 Å². The molecule has 3 aromatic carbocycles. The van der Waals surface area contributed by atoms with Crippen LogP contribution < -0.4 is 4.74 Å². The fraction of sp³-hybridized carbons (Fsp3) is 0.115. The van der Waals surface area contributed by atoms with Crippen LogP contribution in [-0.2, 0) is 6.61 Å². The molecule has 0 saturated heterocycles. The summed E-state index contributed by atoms with van der Waals surface area (Å²) in [6, 6.07) is 18.0. The number of benzene rings is 3. The molecule has 168 valence electrons. The zero-order chi connectivity index (χ0) is 23.7. The predicted octanol–water partition coefficient (Wildman–Crippen LogP) is 7.08. The summed E-state index contributed by atoms with van der Waals surface area (Å²) in [5, 5.41) is 9.55. The van der Waals surface area contributed by atoms with E-state index >= 15 is 0 Å². The lowest BCUT2D eigenvalue weighted by atomic mass is 10.1. The van der Waals surface area contributed by atoms with Gasteiger partial charge in [-0.15, -0.1) is 0 Å². The Morgan fingerprint density at radius 3 is 2.52 bits per heavy atom. The molecule has 0 saturated carbocycles. The van der Waals surface area contributed by atoms with E-state index in [2.05, 4.69) is 15.9 Å². The Bertz CT molecular complexity index is 1360. The topological polar surface area (TPSA) is 51.5 Å². The van der Waals surface area contributed by atoms with Gasteiger partial charge in [0.1, 0.15) is 24.0 Å². The van der Waals surface area contributed by atoms with Crippen LogP contribution in [0.2, 0.25) is 0 Å². The SMILES string of the molecule is Cc1ccc(-n2c(C)ccc2-c2cc(Br)ccc2OCc2ccc(F)cc2F)cc1C(=O)O. The third-order valence-electron chi connectivity index (χ3n) is 5.40. The van der Waals surface area contributed by atoms with Gasteiger partial charge in [-0.25, -0.2) is 13.6 Å². The summed E-state index contributed by atoms with van der Waals surface area (Å²) in [5.41, 5.74) is 4.25. The Morgan fingerprint density at radius 1 is 1.00 bits per heavy atom. The number of halogens is 3. The second kappa shape index (κ2) is 9.19. The fourth-order valence-electron chi connectivity index (χ4n) is 3.69. The van der Waals surface area contributed by atoms with Gasteiger partial charge in [-0.1, -0.05) is 22.0 Å². The summed E-state index contributed by atoms with van der Waals surface area (Å²) >= 11 is 3.49. The van der Waals surface area contributed by atoms with Crippen LogP contribution in [0.5, 0.6) is 5.75 Å². The van der Waals surface area contributed by atoms with Crippen LogP contribution in [0, 0.1) is 25.5 Å². The summed E-state index contributed by atoms with van der Waals surface area (Å²) in [5.74, 6) is -1.80. The number of nitrogens with zero attached hydrogens (tertiary/aromatic N) is 1. The third kappa shape index (κ3) is 4.68. The molecule has 0 bridgehead atoms. The number of rotatable bonds is 6. The first-order valence-corrected chi connectivity index (χ1v) is 10.9. The fourth-order valence-corrected chi connectivity index (χ4v) is 4.05. The van der Waals surface area contributed by atoms with Crippen molar-refractivity contribution in [1.82, 2.24) is 4.57 Å². The molecule has 4 nitrogen and oxygen atoms in total. The molecule has 0 aliphatic heterocycles. The highest BCUT2D eigenvalue weighted by molar-refractivity contribution is 9.10. The monoisotopic (exact) mass is 511 g/mol. The van der Waals surface area contributed by atoms with Crippen molar-refractivity contribution in [3.63, 3.8) is 0 Å². The molecule has 0 radical (unpaired) electrons. The number of carboxylic acids is 1. The highest BCUT2D eigenvalue weighted by atomic mass is 79.9. The standard InChI is InChI=1S/C26H20BrF2NO3/c1-15-3-8-20(13-21(15)26(31)32)30-16(2)4-9-24(30)22-11-18(27)6-10-25(22)33-14-17-5-7-19(28)12-23(17)29/h3-13H,14H2,1-2H3,(H,31,32). The van der Waals surface area contributed by atoms with Crippen LogP contribution >= 0.6 is 15.9 Å². The van der Waals surface area contributed by atoms with Gasteiger partial charge in [-0.3, -0.25) is 0 Å². The number of aryl methyl sites for hydroxylation is 2. The van der Waals surface area contributed by atoms with Crippen molar-refractivity contribution in [2.75, 3.05) is 0 Å². The van der Waals surface area contributed by atoms with Crippen molar-refractivity contribution >= 4 is 21.9 Å². The van der Waals surface area contributed by atoms with E-state index < -0.39 is 17.6 Å². The smallest absolute Gasteiger partial charge is 0.336 e. The van der Waals surface area contributed by atoms with Gasteiger partial charge in [0.2, 0.25) is 0 Å². The molecule has 4 rings (SSSR count). The molecule has 0 spiro atoms. The van der Waals surface area contributed by atoms with E-state index in [4.69, 9.17) is 4.74 Å². The molecule has 1 aromatic heterocycles. The zero-order valence-electron chi connectivity index (χ0n) is 17.9. The second-order valence-electron chi connectivity index (χ2n) is 7.66. The lowest BCUT2D eigenvalue weighted by Gasteiger charge is -2.17. The van der Waals surface area contributed by atoms with Crippen molar-refractivity contribution in [2.45, 2.75) is 20.5 Å².